The first-order chi connectivity index (χ1) is 18.1. The number of aromatic nitrogens is 4. The molecule has 2 aliphatic rings. The fourth-order valence-corrected chi connectivity index (χ4v) is 5.68. The van der Waals surface area contributed by atoms with Gasteiger partial charge in [0, 0.05) is 51.0 Å². The summed E-state index contributed by atoms with van der Waals surface area (Å²) in [5, 5.41) is 4.81. The normalized spacial score (nSPS) is 17.2. The van der Waals surface area contributed by atoms with Crippen LogP contribution in [0.1, 0.15) is 10.4 Å². The third-order valence-electron chi connectivity index (χ3n) is 6.87. The molecule has 0 unspecified atom stereocenters. The molecule has 0 radical (unpaired) electrons. The summed E-state index contributed by atoms with van der Waals surface area (Å²) in [6.07, 6.45) is 1.94. The fraction of sp³-hybridized carbons (Fsp3) is 0.393. The van der Waals surface area contributed by atoms with Gasteiger partial charge < -0.3 is 14.5 Å². The molecule has 6 rings (SSSR count). The van der Waals surface area contributed by atoms with E-state index in [2.05, 4.69) is 70.8 Å². The van der Waals surface area contributed by atoms with Crippen molar-refractivity contribution in [1.82, 2.24) is 29.5 Å². The van der Waals surface area contributed by atoms with Gasteiger partial charge in [0.2, 0.25) is 0 Å². The second kappa shape index (κ2) is 10.6. The number of likely N-dealkylation sites (N-methyl/N-ethyl adjacent to an activating group) is 1. The Morgan fingerprint density at radius 3 is 2.65 bits per heavy atom. The van der Waals surface area contributed by atoms with Crippen LogP contribution >= 0.6 is 11.3 Å². The molecule has 5 heterocycles. The molecule has 2 saturated heterocycles. The van der Waals surface area contributed by atoms with E-state index in [0.29, 0.717) is 19.2 Å². The Hall–Kier alpha value is -3.29. The predicted octanol–water partition coefficient (Wildman–Crippen LogP) is 3.29. The van der Waals surface area contributed by atoms with Crippen LogP contribution in [-0.2, 0) is 4.74 Å². The highest BCUT2D eigenvalue weighted by molar-refractivity contribution is 7.20. The molecule has 190 valence electrons. The van der Waals surface area contributed by atoms with Gasteiger partial charge in [-0.3, -0.25) is 4.90 Å². The van der Waals surface area contributed by atoms with E-state index in [1.165, 1.54) is 5.56 Å². The van der Waals surface area contributed by atoms with E-state index < -0.39 is 0 Å². The van der Waals surface area contributed by atoms with Crippen LogP contribution < -0.4 is 4.90 Å². The number of aryl methyl sites for hydroxylation is 1. The molecule has 0 spiro atoms. The first-order valence-electron chi connectivity index (χ1n) is 12.8. The van der Waals surface area contributed by atoms with Crippen molar-refractivity contribution in [1.29, 1.82) is 0 Å². The average molecular weight is 514 g/mol. The Labute approximate surface area is 221 Å². The van der Waals surface area contributed by atoms with Crippen LogP contribution in [0.4, 0.5) is 5.82 Å². The van der Waals surface area contributed by atoms with Gasteiger partial charge in [0.05, 0.1) is 40.5 Å². The van der Waals surface area contributed by atoms with Crippen LogP contribution in [0.3, 0.4) is 0 Å². The van der Waals surface area contributed by atoms with E-state index in [-0.39, 0.29) is 0 Å². The minimum Gasteiger partial charge on any atom is -0.378 e. The first kappa shape index (κ1) is 24.1. The van der Waals surface area contributed by atoms with Gasteiger partial charge in [-0.2, -0.15) is 10.1 Å². The quantitative estimate of drug-likeness (QED) is 0.388. The second-order valence-corrected chi connectivity index (χ2v) is 10.7. The summed E-state index contributed by atoms with van der Waals surface area (Å²) < 4.78 is 8.45. The van der Waals surface area contributed by atoms with Gasteiger partial charge in [-0.1, -0.05) is 35.6 Å². The topological polar surface area (TPSA) is 62.6 Å². The third kappa shape index (κ3) is 5.38. The van der Waals surface area contributed by atoms with Crippen LogP contribution in [-0.4, -0.2) is 95.6 Å². The Bertz CT molecular complexity index is 1450. The van der Waals surface area contributed by atoms with Crippen LogP contribution in [0.5, 0.6) is 0 Å². The molecule has 4 aromatic rings. The van der Waals surface area contributed by atoms with E-state index in [4.69, 9.17) is 19.8 Å². The smallest absolute Gasteiger partial charge is 0.253 e. The van der Waals surface area contributed by atoms with Crippen molar-refractivity contribution < 1.29 is 4.74 Å². The van der Waals surface area contributed by atoms with Crippen molar-refractivity contribution in [3.63, 3.8) is 0 Å². The van der Waals surface area contributed by atoms with Crippen LogP contribution in [0.2, 0.25) is 0 Å². The number of nitrogens with zero attached hydrogens (tertiary/aromatic N) is 7. The van der Waals surface area contributed by atoms with Gasteiger partial charge >= 0.3 is 0 Å². The Morgan fingerprint density at radius 1 is 1.00 bits per heavy atom. The molecule has 9 heteroatoms. The van der Waals surface area contributed by atoms with Gasteiger partial charge in [0.1, 0.15) is 0 Å². The van der Waals surface area contributed by atoms with Crippen molar-refractivity contribution in [2.24, 2.45) is 0 Å². The summed E-state index contributed by atoms with van der Waals surface area (Å²) in [5.74, 6) is 8.29. The van der Waals surface area contributed by atoms with Gasteiger partial charge in [-0.05, 0) is 32.2 Å². The highest BCUT2D eigenvalue weighted by Gasteiger charge is 2.20. The van der Waals surface area contributed by atoms with Gasteiger partial charge in [0.25, 0.3) is 5.95 Å². The van der Waals surface area contributed by atoms with E-state index in [9.17, 15) is 0 Å². The summed E-state index contributed by atoms with van der Waals surface area (Å²) in [6.45, 7) is 10.2. The summed E-state index contributed by atoms with van der Waals surface area (Å²) in [6, 6.07) is 12.5. The third-order valence-corrected chi connectivity index (χ3v) is 7.91. The average Bonchev–Trinajstić information content (AvgIpc) is 3.57. The Kier molecular flexibility index (Phi) is 6.89. The van der Waals surface area contributed by atoms with Crippen LogP contribution in [0, 0.1) is 18.8 Å². The molecular formula is C28H31N7OS. The number of morpholine rings is 1. The number of thiophene rings is 1. The lowest BCUT2D eigenvalue weighted by atomic mass is 10.1. The lowest BCUT2D eigenvalue weighted by Gasteiger charge is -2.30. The summed E-state index contributed by atoms with van der Waals surface area (Å²) in [4.78, 5) is 18.0. The summed E-state index contributed by atoms with van der Waals surface area (Å²) in [7, 11) is 2.17. The lowest BCUT2D eigenvalue weighted by Crippen LogP contribution is -2.44. The zero-order chi connectivity index (χ0) is 25.2. The molecule has 3 aromatic heterocycles. The molecule has 0 aliphatic carbocycles. The molecule has 2 aliphatic heterocycles. The molecule has 37 heavy (non-hydrogen) atoms. The first-order valence-corrected chi connectivity index (χ1v) is 13.6. The Morgan fingerprint density at radius 2 is 1.84 bits per heavy atom. The van der Waals surface area contributed by atoms with Crippen LogP contribution in [0.25, 0.3) is 27.4 Å². The fourth-order valence-electron chi connectivity index (χ4n) is 4.69. The number of anilines is 1. The van der Waals surface area contributed by atoms with Crippen molar-refractivity contribution in [3.8, 4) is 29.0 Å². The van der Waals surface area contributed by atoms with Crippen molar-refractivity contribution in [2.75, 3.05) is 71.0 Å². The summed E-state index contributed by atoms with van der Waals surface area (Å²) >= 11 is 1.67. The molecule has 1 aromatic carbocycles. The van der Waals surface area contributed by atoms with E-state index in [1.54, 1.807) is 16.0 Å². The Balaban J connectivity index is 1.32. The maximum absolute atomic E-state index is 5.60. The molecular weight excluding hydrogens is 482 g/mol. The monoisotopic (exact) mass is 513 g/mol. The maximum atomic E-state index is 5.60. The standard InChI is InChI=1S/C28H31N7OS/c1-21-5-3-6-22(19-21)24-8-10-35(31-24)28-29-25-20-23(7-4-9-33-13-11-32(2)12-14-33)37-26(25)27(30-28)34-15-17-36-18-16-34/h3,5-6,8,10,19-20H,9,11-18H2,1-2H3. The zero-order valence-corrected chi connectivity index (χ0v) is 22.2. The number of piperazine rings is 1. The van der Waals surface area contributed by atoms with E-state index >= 15 is 0 Å². The van der Waals surface area contributed by atoms with Crippen molar-refractivity contribution in [3.05, 3.63) is 53.0 Å². The second-order valence-electron chi connectivity index (χ2n) is 9.67. The van der Waals surface area contributed by atoms with E-state index in [0.717, 1.165) is 78.0 Å². The number of hydrogen-bond acceptors (Lipinski definition) is 8. The van der Waals surface area contributed by atoms with Gasteiger partial charge in [0.15, 0.2) is 5.82 Å². The molecule has 0 amide bonds. The minimum atomic E-state index is 0.572. The number of benzene rings is 1. The molecule has 0 bridgehead atoms. The zero-order valence-electron chi connectivity index (χ0n) is 21.4. The molecule has 2 fully saturated rings. The molecule has 0 saturated carbocycles. The summed E-state index contributed by atoms with van der Waals surface area (Å²) in [5.41, 5.74) is 4.11. The number of ether oxygens (including phenoxy) is 1. The van der Waals surface area contributed by atoms with Gasteiger partial charge in [-0.15, -0.1) is 11.3 Å². The largest absolute Gasteiger partial charge is 0.378 e. The highest BCUT2D eigenvalue weighted by atomic mass is 32.1. The minimum absolute atomic E-state index is 0.572. The molecule has 8 nitrogen and oxygen atoms in total. The predicted molar refractivity (Wildman–Crippen MR) is 149 cm³/mol. The SMILES string of the molecule is Cc1cccc(-c2ccn(-c3nc(N4CCOCC4)c4sc(C#CCN5CCN(C)CC5)cc4n3)n2)c1. The maximum Gasteiger partial charge on any atom is 0.253 e. The molecule has 0 N–H and O–H groups in total. The number of hydrogen-bond donors (Lipinski definition) is 0. The molecule has 0 atom stereocenters. The highest BCUT2D eigenvalue weighted by Crippen LogP contribution is 2.33. The number of rotatable bonds is 4. The van der Waals surface area contributed by atoms with Crippen LogP contribution in [0.15, 0.2) is 42.6 Å². The van der Waals surface area contributed by atoms with Crippen molar-refractivity contribution >= 4 is 27.4 Å². The number of fused-ring (bicyclic) bond motifs is 1. The van der Waals surface area contributed by atoms with Gasteiger partial charge in [-0.25, -0.2) is 9.67 Å². The van der Waals surface area contributed by atoms with Crippen molar-refractivity contribution in [2.45, 2.75) is 6.92 Å². The lowest BCUT2D eigenvalue weighted by molar-refractivity contribution is 0.122. The van der Waals surface area contributed by atoms with E-state index in [1.807, 2.05) is 12.3 Å².